The highest BCUT2D eigenvalue weighted by molar-refractivity contribution is 7.89. The first kappa shape index (κ1) is 20.3. The highest BCUT2D eigenvalue weighted by Crippen LogP contribution is 2.28. The molecule has 152 valence electrons. The fourth-order valence-corrected chi connectivity index (χ4v) is 4.77. The molecule has 0 spiro atoms. The van der Waals surface area contributed by atoms with E-state index in [9.17, 15) is 13.2 Å². The average Bonchev–Trinajstić information content (AvgIpc) is 3.18. The summed E-state index contributed by atoms with van der Waals surface area (Å²) in [5.74, 6) is -0.0609. The van der Waals surface area contributed by atoms with Gasteiger partial charge in [0.25, 0.3) is 10.0 Å². The van der Waals surface area contributed by atoms with Gasteiger partial charge in [-0.25, -0.2) is 13.4 Å². The summed E-state index contributed by atoms with van der Waals surface area (Å²) in [4.78, 5) is 16.8. The second-order valence-corrected chi connectivity index (χ2v) is 8.82. The fourth-order valence-electron chi connectivity index (χ4n) is 3.31. The Hall–Kier alpha value is -2.39. The average molecular weight is 407 g/mol. The van der Waals surface area contributed by atoms with E-state index in [2.05, 4.69) is 10.3 Å². The number of piperidine rings is 1. The summed E-state index contributed by atoms with van der Waals surface area (Å²) in [6.45, 7) is 5.02. The van der Waals surface area contributed by atoms with E-state index in [-0.39, 0.29) is 17.5 Å². The van der Waals surface area contributed by atoms with E-state index in [0.29, 0.717) is 37.4 Å². The minimum atomic E-state index is -3.71. The number of anilines is 1. The van der Waals surface area contributed by atoms with Gasteiger partial charge < -0.3 is 14.6 Å². The molecule has 3 rings (SSSR count). The smallest absolute Gasteiger partial charge is 0.262 e. The summed E-state index contributed by atoms with van der Waals surface area (Å²) >= 11 is 0. The minimum absolute atomic E-state index is 0.0239. The highest BCUT2D eigenvalue weighted by atomic mass is 32.2. The standard InChI is InChI=1S/C19H26N4O4S/c1-4-22-12-18(20-13-22)28(25,26)23-9-5-6-15(11-23)19(24)21-16-10-14(2)7-8-17(16)27-3/h7-8,10,12-13,15H,4-6,9,11H2,1-3H3,(H,21,24). The lowest BCUT2D eigenvalue weighted by Crippen LogP contribution is -2.43. The zero-order chi connectivity index (χ0) is 20.3. The van der Waals surface area contributed by atoms with Crippen molar-refractivity contribution in [2.24, 2.45) is 5.92 Å². The number of hydrogen-bond acceptors (Lipinski definition) is 5. The number of methoxy groups -OCH3 is 1. The predicted molar refractivity (Wildman–Crippen MR) is 106 cm³/mol. The third-order valence-corrected chi connectivity index (χ3v) is 6.70. The van der Waals surface area contributed by atoms with E-state index >= 15 is 0 Å². The largest absolute Gasteiger partial charge is 0.495 e. The fraction of sp³-hybridized carbons (Fsp3) is 0.474. The Labute approximate surface area is 165 Å². The second-order valence-electron chi connectivity index (χ2n) is 6.94. The number of ether oxygens (including phenoxy) is 1. The number of imidazole rings is 1. The van der Waals surface area contributed by atoms with Crippen LogP contribution < -0.4 is 10.1 Å². The van der Waals surface area contributed by atoms with Crippen LogP contribution in [0.5, 0.6) is 5.75 Å². The van der Waals surface area contributed by atoms with Crippen LogP contribution in [0.15, 0.2) is 35.7 Å². The zero-order valence-corrected chi connectivity index (χ0v) is 17.2. The number of hydrogen-bond donors (Lipinski definition) is 1. The van der Waals surface area contributed by atoms with E-state index in [1.54, 1.807) is 17.7 Å². The van der Waals surface area contributed by atoms with Gasteiger partial charge >= 0.3 is 0 Å². The monoisotopic (exact) mass is 406 g/mol. The second kappa shape index (κ2) is 8.32. The van der Waals surface area contributed by atoms with Crippen molar-refractivity contribution in [3.63, 3.8) is 0 Å². The van der Waals surface area contributed by atoms with E-state index in [4.69, 9.17) is 4.74 Å². The first-order valence-electron chi connectivity index (χ1n) is 9.32. The lowest BCUT2D eigenvalue weighted by molar-refractivity contribution is -0.120. The maximum absolute atomic E-state index is 12.9. The van der Waals surface area contributed by atoms with E-state index < -0.39 is 15.9 Å². The van der Waals surface area contributed by atoms with Crippen LogP contribution in [0, 0.1) is 12.8 Å². The predicted octanol–water partition coefficient (Wildman–Crippen LogP) is 2.26. The number of benzene rings is 1. The number of aryl methyl sites for hydroxylation is 2. The first-order chi connectivity index (χ1) is 13.3. The van der Waals surface area contributed by atoms with E-state index in [1.807, 2.05) is 26.0 Å². The highest BCUT2D eigenvalue weighted by Gasteiger charge is 2.34. The number of nitrogens with one attached hydrogen (secondary N) is 1. The maximum atomic E-state index is 12.9. The van der Waals surface area contributed by atoms with Crippen molar-refractivity contribution in [2.45, 2.75) is 38.3 Å². The lowest BCUT2D eigenvalue weighted by atomic mass is 9.98. The molecular formula is C19H26N4O4S. The lowest BCUT2D eigenvalue weighted by Gasteiger charge is -2.30. The van der Waals surface area contributed by atoms with Crippen LogP contribution in [0.4, 0.5) is 5.69 Å². The van der Waals surface area contributed by atoms with Gasteiger partial charge in [0.15, 0.2) is 5.03 Å². The molecule has 2 aromatic rings. The molecule has 9 heteroatoms. The quantitative estimate of drug-likeness (QED) is 0.794. The van der Waals surface area contributed by atoms with Crippen LogP contribution in [0.25, 0.3) is 0 Å². The summed E-state index contributed by atoms with van der Waals surface area (Å²) in [5.41, 5.74) is 1.59. The summed E-state index contributed by atoms with van der Waals surface area (Å²) < 4.78 is 34.1. The molecule has 1 atom stereocenters. The first-order valence-corrected chi connectivity index (χ1v) is 10.8. The van der Waals surface area contributed by atoms with E-state index in [0.717, 1.165) is 5.56 Å². The van der Waals surface area contributed by atoms with Gasteiger partial charge in [-0.15, -0.1) is 0 Å². The molecule has 1 aromatic carbocycles. The van der Waals surface area contributed by atoms with Crippen LogP contribution in [0.1, 0.15) is 25.3 Å². The molecule has 0 saturated carbocycles. The Morgan fingerprint density at radius 2 is 2.18 bits per heavy atom. The minimum Gasteiger partial charge on any atom is -0.495 e. The van der Waals surface area contributed by atoms with Gasteiger partial charge in [0.05, 0.1) is 25.0 Å². The molecule has 1 unspecified atom stereocenters. The Balaban J connectivity index is 1.74. The molecule has 1 saturated heterocycles. The number of amides is 1. The van der Waals surface area contributed by atoms with Gasteiger partial charge in [0.1, 0.15) is 5.75 Å². The maximum Gasteiger partial charge on any atom is 0.262 e. The molecule has 8 nitrogen and oxygen atoms in total. The molecule has 1 aromatic heterocycles. The van der Waals surface area contributed by atoms with Gasteiger partial charge in [0, 0.05) is 25.8 Å². The van der Waals surface area contributed by atoms with Crippen molar-refractivity contribution in [1.82, 2.24) is 13.9 Å². The van der Waals surface area contributed by atoms with Crippen molar-refractivity contribution in [3.05, 3.63) is 36.3 Å². The summed E-state index contributed by atoms with van der Waals surface area (Å²) in [5, 5.41) is 2.92. The molecule has 0 bridgehead atoms. The number of carbonyl (C=O) groups excluding carboxylic acids is 1. The molecule has 28 heavy (non-hydrogen) atoms. The summed E-state index contributed by atoms with van der Waals surface area (Å²) in [6.07, 6.45) is 4.29. The Bertz CT molecular complexity index is 955. The molecular weight excluding hydrogens is 380 g/mol. The van der Waals surface area contributed by atoms with Gasteiger partial charge in [-0.1, -0.05) is 6.07 Å². The molecule has 1 aliphatic heterocycles. The van der Waals surface area contributed by atoms with Crippen molar-refractivity contribution in [1.29, 1.82) is 0 Å². The van der Waals surface area contributed by atoms with Crippen LogP contribution in [-0.4, -0.2) is 48.4 Å². The number of aromatic nitrogens is 2. The van der Waals surface area contributed by atoms with Crippen molar-refractivity contribution in [3.8, 4) is 5.75 Å². The van der Waals surface area contributed by atoms with Crippen LogP contribution in [0.3, 0.4) is 0 Å². The molecule has 1 aliphatic rings. The number of carbonyl (C=O) groups is 1. The topological polar surface area (TPSA) is 93.5 Å². The van der Waals surface area contributed by atoms with Gasteiger partial charge in [0.2, 0.25) is 5.91 Å². The Kier molecular flexibility index (Phi) is 6.04. The molecule has 1 fully saturated rings. The zero-order valence-electron chi connectivity index (χ0n) is 16.4. The molecule has 1 amide bonds. The normalized spacial score (nSPS) is 18.0. The SMILES string of the molecule is CCn1cnc(S(=O)(=O)N2CCCC(C(=O)Nc3cc(C)ccc3OC)C2)c1. The molecule has 0 radical (unpaired) electrons. The van der Waals surface area contributed by atoms with Gasteiger partial charge in [-0.3, -0.25) is 4.79 Å². The Morgan fingerprint density at radius 1 is 1.39 bits per heavy atom. The van der Waals surface area contributed by atoms with Crippen molar-refractivity contribution in [2.75, 3.05) is 25.5 Å². The molecule has 0 aliphatic carbocycles. The van der Waals surface area contributed by atoms with Crippen molar-refractivity contribution < 1.29 is 17.9 Å². The number of sulfonamides is 1. The summed E-state index contributed by atoms with van der Waals surface area (Å²) in [7, 11) is -2.17. The van der Waals surface area contributed by atoms with Gasteiger partial charge in [-0.05, 0) is 44.4 Å². The van der Waals surface area contributed by atoms with Crippen molar-refractivity contribution >= 4 is 21.6 Å². The summed E-state index contributed by atoms with van der Waals surface area (Å²) in [6, 6.07) is 5.54. The Morgan fingerprint density at radius 3 is 2.86 bits per heavy atom. The third kappa shape index (κ3) is 4.20. The van der Waals surface area contributed by atoms with E-state index in [1.165, 1.54) is 16.8 Å². The van der Waals surface area contributed by atoms with Crippen LogP contribution in [0.2, 0.25) is 0 Å². The molecule has 2 heterocycles. The number of nitrogens with zero attached hydrogens (tertiary/aromatic N) is 3. The van der Waals surface area contributed by atoms with Crippen LogP contribution in [-0.2, 0) is 21.4 Å². The number of rotatable bonds is 6. The third-order valence-electron chi connectivity index (χ3n) is 4.95. The van der Waals surface area contributed by atoms with Crippen LogP contribution >= 0.6 is 0 Å². The molecule has 1 N–H and O–H groups in total. The van der Waals surface area contributed by atoms with Gasteiger partial charge in [-0.2, -0.15) is 4.31 Å².